The summed E-state index contributed by atoms with van der Waals surface area (Å²) < 4.78 is 66.7. The van der Waals surface area contributed by atoms with E-state index in [2.05, 4.69) is 0 Å². The van der Waals surface area contributed by atoms with Crippen LogP contribution < -0.4 is 0 Å². The van der Waals surface area contributed by atoms with E-state index in [0.717, 1.165) is 0 Å². The van der Waals surface area contributed by atoms with Gasteiger partial charge in [0.1, 0.15) is 0 Å². The summed E-state index contributed by atoms with van der Waals surface area (Å²) in [6.45, 7) is 1.33. The molecule has 0 N–H and O–H groups in total. The molecule has 0 aromatic heterocycles. The zero-order valence-corrected chi connectivity index (χ0v) is 9.06. The van der Waals surface area contributed by atoms with E-state index < -0.39 is 24.1 Å². The molecule has 1 unspecified atom stereocenters. The van der Waals surface area contributed by atoms with Gasteiger partial charge in [-0.05, 0) is 13.3 Å². The number of ether oxygens (including phenoxy) is 1. The van der Waals surface area contributed by atoms with Crippen LogP contribution in [0, 0.1) is 0 Å². The highest BCUT2D eigenvalue weighted by Crippen LogP contribution is 2.37. The van der Waals surface area contributed by atoms with E-state index in [9.17, 15) is 26.7 Å². The van der Waals surface area contributed by atoms with Gasteiger partial charge in [-0.1, -0.05) is 0 Å². The molecule has 0 aromatic carbocycles. The Morgan fingerprint density at radius 2 is 1.88 bits per heavy atom. The summed E-state index contributed by atoms with van der Waals surface area (Å²) in [6, 6.07) is 0. The molecule has 1 amide bonds. The van der Waals surface area contributed by atoms with Gasteiger partial charge in [0.15, 0.2) is 0 Å². The number of hydrogen-bond donors (Lipinski definition) is 0. The molecule has 1 fully saturated rings. The number of nitrogens with zero attached hydrogens (tertiary/aromatic N) is 1. The lowest BCUT2D eigenvalue weighted by Crippen LogP contribution is -2.53. The van der Waals surface area contributed by atoms with Crippen molar-refractivity contribution in [2.45, 2.75) is 31.5 Å². The highest BCUT2D eigenvalue weighted by molar-refractivity contribution is 5.84. The Morgan fingerprint density at radius 3 is 2.41 bits per heavy atom. The molecule has 0 aromatic rings. The van der Waals surface area contributed by atoms with Crippen molar-refractivity contribution in [2.75, 3.05) is 19.7 Å². The summed E-state index contributed by atoms with van der Waals surface area (Å²) in [5.41, 5.74) is 0. The molecule has 1 aliphatic heterocycles. The third-order valence-electron chi connectivity index (χ3n) is 2.36. The molecule has 8 heteroatoms. The Bertz CT molecular complexity index is 292. The minimum atomic E-state index is -5.86. The third kappa shape index (κ3) is 3.05. The first kappa shape index (κ1) is 14.1. The van der Waals surface area contributed by atoms with E-state index in [1.807, 2.05) is 0 Å². The molecule has 1 saturated heterocycles. The lowest BCUT2D eigenvalue weighted by atomic mass is 10.2. The monoisotopic (exact) mass is 261 g/mol. The molecule has 1 aliphatic rings. The lowest BCUT2D eigenvalue weighted by Gasteiger charge is -2.27. The molecule has 0 radical (unpaired) electrons. The molecule has 1 atom stereocenters. The van der Waals surface area contributed by atoms with Gasteiger partial charge in [-0.3, -0.25) is 4.79 Å². The molecule has 0 saturated carbocycles. The van der Waals surface area contributed by atoms with Gasteiger partial charge < -0.3 is 9.64 Å². The standard InChI is InChI=1S/C9H12F5NO2/c1-6-5-15(3-2-4-17-6)7(16)8(10,11)9(12,13)14/h6H,2-5H2,1H3. The van der Waals surface area contributed by atoms with E-state index in [1.165, 1.54) is 6.92 Å². The van der Waals surface area contributed by atoms with Gasteiger partial charge in [0.05, 0.1) is 6.10 Å². The maximum Gasteiger partial charge on any atom is 0.463 e. The summed E-state index contributed by atoms with van der Waals surface area (Å²) in [7, 11) is 0. The fourth-order valence-electron chi connectivity index (χ4n) is 1.50. The van der Waals surface area contributed by atoms with Crippen LogP contribution in [0.2, 0.25) is 0 Å². The van der Waals surface area contributed by atoms with Crippen LogP contribution in [-0.4, -0.2) is 48.7 Å². The lowest BCUT2D eigenvalue weighted by molar-refractivity contribution is -0.274. The van der Waals surface area contributed by atoms with E-state index in [0.29, 0.717) is 4.90 Å². The van der Waals surface area contributed by atoms with Crippen molar-refractivity contribution in [3.8, 4) is 0 Å². The minimum absolute atomic E-state index is 0.158. The molecule has 100 valence electrons. The summed E-state index contributed by atoms with van der Waals surface area (Å²) in [5.74, 6) is -7.54. The van der Waals surface area contributed by atoms with Crippen LogP contribution >= 0.6 is 0 Å². The molecule has 17 heavy (non-hydrogen) atoms. The van der Waals surface area contributed by atoms with Crippen LogP contribution in [0.25, 0.3) is 0 Å². The smallest absolute Gasteiger partial charge is 0.377 e. The molecule has 1 heterocycles. The van der Waals surface area contributed by atoms with Crippen LogP contribution in [0.5, 0.6) is 0 Å². The van der Waals surface area contributed by atoms with Crippen LogP contribution in [-0.2, 0) is 9.53 Å². The molecule has 0 bridgehead atoms. The average Bonchev–Trinajstić information content (AvgIpc) is 2.39. The van der Waals surface area contributed by atoms with E-state index in [1.54, 1.807) is 0 Å². The topological polar surface area (TPSA) is 29.5 Å². The highest BCUT2D eigenvalue weighted by Gasteiger charge is 2.64. The first-order chi connectivity index (χ1) is 7.66. The largest absolute Gasteiger partial charge is 0.463 e. The zero-order valence-electron chi connectivity index (χ0n) is 9.06. The van der Waals surface area contributed by atoms with Gasteiger partial charge in [-0.2, -0.15) is 22.0 Å². The fraction of sp³-hybridized carbons (Fsp3) is 0.889. The second-order valence-corrected chi connectivity index (χ2v) is 3.86. The summed E-state index contributed by atoms with van der Waals surface area (Å²) in [6.07, 6.45) is -6.17. The second-order valence-electron chi connectivity index (χ2n) is 3.86. The van der Waals surface area contributed by atoms with Gasteiger partial charge in [-0.15, -0.1) is 0 Å². The van der Waals surface area contributed by atoms with E-state index in [-0.39, 0.29) is 26.1 Å². The van der Waals surface area contributed by atoms with Gasteiger partial charge in [0.25, 0.3) is 0 Å². The number of carbonyl (C=O) groups is 1. The quantitative estimate of drug-likeness (QED) is 0.674. The third-order valence-corrected chi connectivity index (χ3v) is 2.36. The first-order valence-electron chi connectivity index (χ1n) is 5.02. The summed E-state index contributed by atoms with van der Waals surface area (Å²) >= 11 is 0. The highest BCUT2D eigenvalue weighted by atomic mass is 19.4. The van der Waals surface area contributed by atoms with Crippen molar-refractivity contribution in [1.29, 1.82) is 0 Å². The number of alkyl halides is 5. The van der Waals surface area contributed by atoms with Crippen LogP contribution in [0.4, 0.5) is 22.0 Å². The zero-order chi connectivity index (χ0) is 13.3. The predicted molar refractivity (Wildman–Crippen MR) is 47.6 cm³/mol. The summed E-state index contributed by atoms with van der Waals surface area (Å²) in [5, 5.41) is 0. The maximum absolute atomic E-state index is 12.8. The molecule has 3 nitrogen and oxygen atoms in total. The Balaban J connectivity index is 2.81. The van der Waals surface area contributed by atoms with Gasteiger partial charge in [0.2, 0.25) is 0 Å². The van der Waals surface area contributed by atoms with Crippen LogP contribution in [0.3, 0.4) is 0 Å². The fourth-order valence-corrected chi connectivity index (χ4v) is 1.50. The Hall–Kier alpha value is -0.920. The SMILES string of the molecule is CC1CN(C(=O)C(F)(F)C(F)(F)F)CCCO1. The summed E-state index contributed by atoms with van der Waals surface area (Å²) in [4.78, 5) is 11.7. The number of carbonyl (C=O) groups excluding carboxylic acids is 1. The van der Waals surface area contributed by atoms with Crippen molar-refractivity contribution in [3.05, 3.63) is 0 Å². The Labute approximate surface area is 94.5 Å². The van der Waals surface area contributed by atoms with Gasteiger partial charge in [0, 0.05) is 19.7 Å². The molecular formula is C9H12F5NO2. The Kier molecular flexibility index (Phi) is 3.95. The number of hydrogen-bond acceptors (Lipinski definition) is 2. The molecular weight excluding hydrogens is 249 g/mol. The first-order valence-corrected chi connectivity index (χ1v) is 5.02. The normalized spacial score (nSPS) is 23.4. The second kappa shape index (κ2) is 4.75. The van der Waals surface area contributed by atoms with Gasteiger partial charge in [-0.25, -0.2) is 0 Å². The van der Waals surface area contributed by atoms with Crippen molar-refractivity contribution >= 4 is 5.91 Å². The predicted octanol–water partition coefficient (Wildman–Crippen LogP) is 1.82. The van der Waals surface area contributed by atoms with Crippen molar-refractivity contribution in [1.82, 2.24) is 4.90 Å². The van der Waals surface area contributed by atoms with Crippen molar-refractivity contribution in [2.24, 2.45) is 0 Å². The van der Waals surface area contributed by atoms with Crippen LogP contribution in [0.1, 0.15) is 13.3 Å². The number of halogens is 5. The Morgan fingerprint density at radius 1 is 1.29 bits per heavy atom. The number of rotatable bonds is 1. The maximum atomic E-state index is 12.8. The number of amides is 1. The molecule has 1 rings (SSSR count). The van der Waals surface area contributed by atoms with Crippen molar-refractivity contribution < 1.29 is 31.5 Å². The van der Waals surface area contributed by atoms with E-state index in [4.69, 9.17) is 4.74 Å². The van der Waals surface area contributed by atoms with Crippen LogP contribution in [0.15, 0.2) is 0 Å². The van der Waals surface area contributed by atoms with E-state index >= 15 is 0 Å². The average molecular weight is 261 g/mol. The molecule has 0 aliphatic carbocycles. The van der Waals surface area contributed by atoms with Crippen molar-refractivity contribution in [3.63, 3.8) is 0 Å². The minimum Gasteiger partial charge on any atom is -0.377 e. The molecule has 0 spiro atoms. The van der Waals surface area contributed by atoms with Gasteiger partial charge >= 0.3 is 18.0 Å².